The van der Waals surface area contributed by atoms with Gasteiger partial charge in [-0.15, -0.1) is 0 Å². The third-order valence-electron chi connectivity index (χ3n) is 1.15. The summed E-state index contributed by atoms with van der Waals surface area (Å²) in [4.78, 5) is 0. The largest absolute Gasteiger partial charge is 0.232 e. The van der Waals surface area contributed by atoms with E-state index in [2.05, 4.69) is 0 Å². The normalized spacial score (nSPS) is 13.2. The highest BCUT2D eigenvalue weighted by Crippen LogP contribution is 2.02. The molecule has 0 rings (SSSR count). The molecule has 0 heterocycles. The van der Waals surface area contributed by atoms with Gasteiger partial charge in [0, 0.05) is 22.7 Å². The maximum Gasteiger partial charge on any atom is 0.232 e. The molecule has 74 valence electrons. The fourth-order valence-electron chi connectivity index (χ4n) is 0.639. The first-order valence-electron chi connectivity index (χ1n) is 3.31. The Labute approximate surface area is 77.3 Å². The summed E-state index contributed by atoms with van der Waals surface area (Å²) in [5.74, 6) is -0.149. The topological polar surface area (TPSA) is 68.3 Å². The van der Waals surface area contributed by atoms with Crippen LogP contribution in [0.1, 0.15) is 12.8 Å². The highest BCUT2D eigenvalue weighted by molar-refractivity contribution is 8.13. The summed E-state index contributed by atoms with van der Waals surface area (Å²) in [6.45, 7) is 0. The van der Waals surface area contributed by atoms with E-state index in [4.69, 9.17) is 10.7 Å². The molecule has 4 nitrogen and oxygen atoms in total. The van der Waals surface area contributed by atoms with Crippen LogP contribution in [0, 0.1) is 0 Å². The first-order valence-corrected chi connectivity index (χ1v) is 7.85. The van der Waals surface area contributed by atoms with Crippen LogP contribution in [0.25, 0.3) is 0 Å². The molecule has 0 aliphatic rings. The van der Waals surface area contributed by atoms with Gasteiger partial charge in [-0.05, 0) is 12.8 Å². The smallest absolute Gasteiger partial charge is 0.229 e. The van der Waals surface area contributed by atoms with Crippen LogP contribution in [0.3, 0.4) is 0 Å². The lowest BCUT2D eigenvalue weighted by molar-refractivity contribution is 0.594. The summed E-state index contributed by atoms with van der Waals surface area (Å²) >= 11 is 0. The van der Waals surface area contributed by atoms with Crippen molar-refractivity contribution < 1.29 is 16.8 Å². The van der Waals surface area contributed by atoms with E-state index in [0.29, 0.717) is 12.8 Å². The fraction of sp³-hybridized carbons (Fsp3) is 1.00. The fourth-order valence-corrected chi connectivity index (χ4v) is 2.24. The summed E-state index contributed by atoms with van der Waals surface area (Å²) in [6.07, 6.45) is 1.74. The van der Waals surface area contributed by atoms with Crippen LogP contribution >= 0.6 is 10.7 Å². The maximum absolute atomic E-state index is 10.6. The zero-order valence-electron chi connectivity index (χ0n) is 6.66. The highest BCUT2D eigenvalue weighted by Gasteiger charge is 2.06. The molecule has 0 saturated carbocycles. The van der Waals surface area contributed by atoms with Crippen molar-refractivity contribution in [1.82, 2.24) is 0 Å². The first-order chi connectivity index (χ1) is 5.21. The van der Waals surface area contributed by atoms with Gasteiger partial charge in [0.15, 0.2) is 0 Å². The predicted molar refractivity (Wildman–Crippen MR) is 48.6 cm³/mol. The zero-order valence-corrected chi connectivity index (χ0v) is 9.04. The lowest BCUT2D eigenvalue weighted by Gasteiger charge is -1.96. The molecule has 0 unspecified atom stereocenters. The zero-order chi connectivity index (χ0) is 9.83. The van der Waals surface area contributed by atoms with Gasteiger partial charge in [0.1, 0.15) is 9.84 Å². The Hall–Kier alpha value is 0.190. The van der Waals surface area contributed by atoms with E-state index in [-0.39, 0.29) is 11.5 Å². The molecule has 0 aromatic carbocycles. The predicted octanol–water partition coefficient (Wildman–Crippen LogP) is 0.380. The monoisotopic (exact) mass is 234 g/mol. The molecule has 0 fully saturated rings. The minimum atomic E-state index is -3.46. The van der Waals surface area contributed by atoms with Crippen molar-refractivity contribution in [3.05, 3.63) is 0 Å². The van der Waals surface area contributed by atoms with Crippen LogP contribution in [0.4, 0.5) is 0 Å². The number of unbranched alkanes of at least 4 members (excludes halogenated alkanes) is 1. The standard InChI is InChI=1S/C5H11ClO4S2/c1-11(7,8)4-2-3-5-12(6,9)10/h2-5H2,1H3. The van der Waals surface area contributed by atoms with Gasteiger partial charge in [-0.2, -0.15) is 0 Å². The van der Waals surface area contributed by atoms with Crippen molar-refractivity contribution in [2.75, 3.05) is 17.8 Å². The number of sulfone groups is 1. The Morgan fingerprint density at radius 1 is 1.00 bits per heavy atom. The third kappa shape index (κ3) is 10.2. The molecule has 0 saturated heterocycles. The van der Waals surface area contributed by atoms with Crippen molar-refractivity contribution in [1.29, 1.82) is 0 Å². The Bertz CT molecular complexity index is 281. The molecular formula is C5H11ClO4S2. The average molecular weight is 235 g/mol. The van der Waals surface area contributed by atoms with E-state index >= 15 is 0 Å². The molecule has 0 N–H and O–H groups in total. The summed E-state index contributed by atoms with van der Waals surface area (Å²) in [7, 11) is -1.54. The van der Waals surface area contributed by atoms with Crippen molar-refractivity contribution in [3.8, 4) is 0 Å². The van der Waals surface area contributed by atoms with E-state index in [0.717, 1.165) is 6.26 Å². The molecule has 0 aromatic rings. The lowest BCUT2D eigenvalue weighted by atomic mass is 10.4. The van der Waals surface area contributed by atoms with E-state index in [1.54, 1.807) is 0 Å². The van der Waals surface area contributed by atoms with E-state index in [1.807, 2.05) is 0 Å². The van der Waals surface area contributed by atoms with Crippen LogP contribution in [0.15, 0.2) is 0 Å². The molecular weight excluding hydrogens is 224 g/mol. The second-order valence-electron chi connectivity index (χ2n) is 2.58. The van der Waals surface area contributed by atoms with Gasteiger partial charge >= 0.3 is 0 Å². The summed E-state index contributed by atoms with van der Waals surface area (Å²) in [5, 5.41) is 0. The minimum absolute atomic E-state index is 0.0133. The van der Waals surface area contributed by atoms with Crippen molar-refractivity contribution in [2.45, 2.75) is 12.8 Å². The van der Waals surface area contributed by atoms with Gasteiger partial charge in [0.05, 0.1) is 5.75 Å². The quantitative estimate of drug-likeness (QED) is 0.510. The number of hydrogen-bond donors (Lipinski definition) is 0. The van der Waals surface area contributed by atoms with Gasteiger partial charge in [0.25, 0.3) is 0 Å². The Balaban J connectivity index is 3.62. The van der Waals surface area contributed by atoms with E-state index in [1.165, 1.54) is 0 Å². The third-order valence-corrected chi connectivity index (χ3v) is 3.42. The van der Waals surface area contributed by atoms with Crippen LogP contribution < -0.4 is 0 Å². The first kappa shape index (κ1) is 12.2. The van der Waals surface area contributed by atoms with Crippen LogP contribution in [-0.4, -0.2) is 34.6 Å². The van der Waals surface area contributed by atoms with Crippen LogP contribution in [0.2, 0.25) is 0 Å². The molecule has 0 radical (unpaired) electrons. The Morgan fingerprint density at radius 3 is 1.75 bits per heavy atom. The lowest BCUT2D eigenvalue weighted by Crippen LogP contribution is -2.05. The van der Waals surface area contributed by atoms with Crippen LogP contribution in [-0.2, 0) is 18.9 Å². The molecule has 0 amide bonds. The summed E-state index contributed by atoms with van der Waals surface area (Å²) in [5.41, 5.74) is 0. The molecule has 12 heavy (non-hydrogen) atoms. The van der Waals surface area contributed by atoms with Gasteiger partial charge < -0.3 is 0 Å². The van der Waals surface area contributed by atoms with Gasteiger partial charge in [-0.3, -0.25) is 0 Å². The van der Waals surface area contributed by atoms with E-state index in [9.17, 15) is 16.8 Å². The second kappa shape index (κ2) is 4.43. The Morgan fingerprint density at radius 2 is 1.42 bits per heavy atom. The summed E-state index contributed by atoms with van der Waals surface area (Å²) < 4.78 is 41.9. The van der Waals surface area contributed by atoms with Crippen molar-refractivity contribution in [2.24, 2.45) is 0 Å². The summed E-state index contributed by atoms with van der Waals surface area (Å²) in [6, 6.07) is 0. The highest BCUT2D eigenvalue weighted by atomic mass is 35.7. The maximum atomic E-state index is 10.6. The van der Waals surface area contributed by atoms with Gasteiger partial charge in [-0.1, -0.05) is 0 Å². The molecule has 0 aliphatic heterocycles. The molecule has 0 spiro atoms. The Kier molecular flexibility index (Phi) is 4.50. The van der Waals surface area contributed by atoms with Gasteiger partial charge in [-0.25, -0.2) is 16.8 Å². The number of rotatable bonds is 5. The molecule has 0 aliphatic carbocycles. The van der Waals surface area contributed by atoms with Crippen molar-refractivity contribution >= 4 is 29.6 Å². The number of halogens is 1. The molecule has 7 heteroatoms. The number of hydrogen-bond acceptors (Lipinski definition) is 4. The molecule has 0 atom stereocenters. The second-order valence-corrected chi connectivity index (χ2v) is 7.74. The van der Waals surface area contributed by atoms with E-state index < -0.39 is 18.9 Å². The van der Waals surface area contributed by atoms with Gasteiger partial charge in [0.2, 0.25) is 9.05 Å². The SMILES string of the molecule is CS(=O)(=O)CCCCS(=O)(=O)Cl. The average Bonchev–Trinajstić information content (AvgIpc) is 1.76. The molecule has 0 bridgehead atoms. The molecule has 0 aromatic heterocycles. The minimum Gasteiger partial charge on any atom is -0.229 e. The van der Waals surface area contributed by atoms with Crippen LogP contribution in [0.5, 0.6) is 0 Å². The van der Waals surface area contributed by atoms with Crippen molar-refractivity contribution in [3.63, 3.8) is 0 Å².